The molecule has 94 valence electrons. The van der Waals surface area contributed by atoms with Gasteiger partial charge < -0.3 is 10.5 Å². The van der Waals surface area contributed by atoms with Crippen molar-refractivity contribution in [3.05, 3.63) is 29.8 Å². The summed E-state index contributed by atoms with van der Waals surface area (Å²) in [5.74, 6) is -0.598. The Labute approximate surface area is 100 Å². The van der Waals surface area contributed by atoms with Crippen LogP contribution >= 0.6 is 0 Å². The molecule has 0 atom stereocenters. The van der Waals surface area contributed by atoms with Gasteiger partial charge in [-0.2, -0.15) is 0 Å². The lowest BCUT2D eigenvalue weighted by Crippen LogP contribution is -2.15. The van der Waals surface area contributed by atoms with E-state index in [1.165, 1.54) is 0 Å². The number of hydrogen-bond acceptors (Lipinski definition) is 5. The summed E-state index contributed by atoms with van der Waals surface area (Å²) in [7, 11) is -3.09. The Kier molecular flexibility index (Phi) is 4.51. The lowest BCUT2D eigenvalue weighted by atomic mass is 10.1. The molecular weight excluding hydrogens is 242 g/mol. The molecule has 0 saturated carbocycles. The zero-order valence-corrected chi connectivity index (χ0v) is 10.4. The standard InChI is InChI=1S/C11H15NO4S/c1-17(14,15)7-6-16-11(13)8-9-2-4-10(12)5-3-9/h2-5H,6-8,12H2,1H3. The van der Waals surface area contributed by atoms with Crippen molar-refractivity contribution in [2.45, 2.75) is 6.42 Å². The number of hydrogen-bond donors (Lipinski definition) is 1. The fourth-order valence-corrected chi connectivity index (χ4v) is 1.55. The van der Waals surface area contributed by atoms with Gasteiger partial charge in [0, 0.05) is 11.9 Å². The maximum absolute atomic E-state index is 11.3. The second-order valence-corrected chi connectivity index (χ2v) is 6.03. The first-order valence-corrected chi connectivity index (χ1v) is 7.10. The SMILES string of the molecule is CS(=O)(=O)CCOC(=O)Cc1ccc(N)cc1. The molecule has 0 fully saturated rings. The molecule has 0 spiro atoms. The van der Waals surface area contributed by atoms with Crippen LogP contribution in [0.5, 0.6) is 0 Å². The van der Waals surface area contributed by atoms with Gasteiger partial charge in [0.05, 0.1) is 12.2 Å². The summed E-state index contributed by atoms with van der Waals surface area (Å²) in [5.41, 5.74) is 6.91. The molecule has 0 amide bonds. The summed E-state index contributed by atoms with van der Waals surface area (Å²) < 4.78 is 26.4. The number of sulfone groups is 1. The maximum Gasteiger partial charge on any atom is 0.310 e. The predicted octanol–water partition coefficient (Wildman–Crippen LogP) is 0.399. The van der Waals surface area contributed by atoms with Gasteiger partial charge in [0.2, 0.25) is 0 Å². The first-order valence-electron chi connectivity index (χ1n) is 5.04. The third kappa shape index (κ3) is 5.91. The van der Waals surface area contributed by atoms with E-state index in [0.29, 0.717) is 5.69 Å². The first kappa shape index (κ1) is 13.5. The van der Waals surface area contributed by atoms with Gasteiger partial charge in [0.1, 0.15) is 6.61 Å². The summed E-state index contributed by atoms with van der Waals surface area (Å²) in [6.45, 7) is -0.105. The van der Waals surface area contributed by atoms with Crippen LogP contribution in [-0.4, -0.2) is 33.0 Å². The Hall–Kier alpha value is -1.56. The summed E-state index contributed by atoms with van der Waals surface area (Å²) in [4.78, 5) is 11.3. The number of carbonyl (C=O) groups is 1. The molecular formula is C11H15NO4S. The van der Waals surface area contributed by atoms with Crippen LogP contribution in [0, 0.1) is 0 Å². The van der Waals surface area contributed by atoms with Crippen molar-refractivity contribution in [2.24, 2.45) is 0 Å². The highest BCUT2D eigenvalue weighted by atomic mass is 32.2. The summed E-state index contributed by atoms with van der Waals surface area (Å²) in [6.07, 6.45) is 1.21. The highest BCUT2D eigenvalue weighted by Crippen LogP contribution is 2.06. The van der Waals surface area contributed by atoms with Gasteiger partial charge in [-0.1, -0.05) is 12.1 Å². The van der Waals surface area contributed by atoms with Crippen molar-refractivity contribution in [3.63, 3.8) is 0 Å². The fraction of sp³-hybridized carbons (Fsp3) is 0.364. The summed E-state index contributed by atoms with van der Waals surface area (Å²) in [6, 6.07) is 6.85. The molecule has 0 bridgehead atoms. The molecule has 1 aromatic rings. The average molecular weight is 257 g/mol. The Morgan fingerprint density at radius 3 is 2.41 bits per heavy atom. The number of esters is 1. The Morgan fingerprint density at radius 1 is 1.29 bits per heavy atom. The van der Waals surface area contributed by atoms with Crippen molar-refractivity contribution in [2.75, 3.05) is 24.3 Å². The maximum atomic E-state index is 11.3. The molecule has 2 N–H and O–H groups in total. The number of carbonyl (C=O) groups excluding carboxylic acids is 1. The normalized spacial score (nSPS) is 11.1. The van der Waals surface area contributed by atoms with Gasteiger partial charge in [0.25, 0.3) is 0 Å². The van der Waals surface area contributed by atoms with E-state index in [-0.39, 0.29) is 18.8 Å². The van der Waals surface area contributed by atoms with Crippen LogP contribution in [0.1, 0.15) is 5.56 Å². The van der Waals surface area contributed by atoms with E-state index in [0.717, 1.165) is 11.8 Å². The third-order valence-corrected chi connectivity index (χ3v) is 2.95. The number of anilines is 1. The Morgan fingerprint density at radius 2 is 1.88 bits per heavy atom. The Bertz CT molecular complexity index is 479. The van der Waals surface area contributed by atoms with E-state index in [9.17, 15) is 13.2 Å². The van der Waals surface area contributed by atoms with Crippen LogP contribution in [0.4, 0.5) is 5.69 Å². The van der Waals surface area contributed by atoms with Gasteiger partial charge in [0.15, 0.2) is 9.84 Å². The quantitative estimate of drug-likeness (QED) is 0.609. The van der Waals surface area contributed by atoms with Crippen LogP contribution in [0.2, 0.25) is 0 Å². The Balaban J connectivity index is 2.37. The van der Waals surface area contributed by atoms with Crippen molar-refractivity contribution < 1.29 is 17.9 Å². The van der Waals surface area contributed by atoms with Crippen molar-refractivity contribution in [1.82, 2.24) is 0 Å². The molecule has 0 aromatic heterocycles. The monoisotopic (exact) mass is 257 g/mol. The van der Waals surface area contributed by atoms with Gasteiger partial charge in [-0.3, -0.25) is 4.79 Å². The number of ether oxygens (including phenoxy) is 1. The molecule has 5 nitrogen and oxygen atoms in total. The highest BCUT2D eigenvalue weighted by molar-refractivity contribution is 7.90. The molecule has 0 unspecified atom stereocenters. The molecule has 1 aromatic carbocycles. The molecule has 0 aliphatic carbocycles. The minimum absolute atomic E-state index is 0.105. The molecule has 17 heavy (non-hydrogen) atoms. The van der Waals surface area contributed by atoms with Crippen LogP contribution in [0.3, 0.4) is 0 Å². The largest absolute Gasteiger partial charge is 0.464 e. The molecule has 1 rings (SSSR count). The molecule has 0 heterocycles. The smallest absolute Gasteiger partial charge is 0.310 e. The summed E-state index contributed by atoms with van der Waals surface area (Å²) >= 11 is 0. The first-order chi connectivity index (χ1) is 7.87. The number of rotatable bonds is 5. The van der Waals surface area contributed by atoms with Gasteiger partial charge in [-0.15, -0.1) is 0 Å². The van der Waals surface area contributed by atoms with Crippen molar-refractivity contribution in [1.29, 1.82) is 0 Å². The fourth-order valence-electron chi connectivity index (χ4n) is 1.16. The van der Waals surface area contributed by atoms with Gasteiger partial charge in [-0.25, -0.2) is 8.42 Å². The lowest BCUT2D eigenvalue weighted by molar-refractivity contribution is -0.142. The van der Waals surface area contributed by atoms with Crippen LogP contribution in [-0.2, 0) is 25.8 Å². The molecule has 0 aliphatic heterocycles. The van der Waals surface area contributed by atoms with Crippen LogP contribution < -0.4 is 5.73 Å². The number of nitrogens with two attached hydrogens (primary N) is 1. The second kappa shape index (κ2) is 5.67. The lowest BCUT2D eigenvalue weighted by Gasteiger charge is -2.04. The second-order valence-electron chi connectivity index (χ2n) is 3.77. The minimum atomic E-state index is -3.09. The van der Waals surface area contributed by atoms with E-state index in [4.69, 9.17) is 10.5 Å². The van der Waals surface area contributed by atoms with E-state index >= 15 is 0 Å². The molecule has 0 radical (unpaired) electrons. The number of nitrogen functional groups attached to an aromatic ring is 1. The molecule has 0 aliphatic rings. The van der Waals surface area contributed by atoms with E-state index < -0.39 is 15.8 Å². The zero-order valence-electron chi connectivity index (χ0n) is 9.55. The highest BCUT2D eigenvalue weighted by Gasteiger charge is 2.07. The summed E-state index contributed by atoms with van der Waals surface area (Å²) in [5, 5.41) is 0. The minimum Gasteiger partial charge on any atom is -0.464 e. The van der Waals surface area contributed by atoms with E-state index in [1.807, 2.05) is 0 Å². The van der Waals surface area contributed by atoms with Gasteiger partial charge >= 0.3 is 5.97 Å². The van der Waals surface area contributed by atoms with Crippen LogP contribution in [0.15, 0.2) is 24.3 Å². The molecule has 6 heteroatoms. The van der Waals surface area contributed by atoms with Gasteiger partial charge in [-0.05, 0) is 17.7 Å². The number of benzene rings is 1. The van der Waals surface area contributed by atoms with Crippen molar-refractivity contribution >= 4 is 21.5 Å². The van der Waals surface area contributed by atoms with E-state index in [1.54, 1.807) is 24.3 Å². The van der Waals surface area contributed by atoms with Crippen molar-refractivity contribution in [3.8, 4) is 0 Å². The van der Waals surface area contributed by atoms with Crippen LogP contribution in [0.25, 0.3) is 0 Å². The van der Waals surface area contributed by atoms with E-state index in [2.05, 4.69) is 0 Å². The third-order valence-electron chi connectivity index (χ3n) is 2.05. The predicted molar refractivity (Wildman–Crippen MR) is 65.2 cm³/mol. The molecule has 0 saturated heterocycles. The topological polar surface area (TPSA) is 86.5 Å². The average Bonchev–Trinajstić information content (AvgIpc) is 2.19. The zero-order chi connectivity index (χ0) is 12.9.